The smallest absolute Gasteiger partial charge is 0.254 e. The number of rotatable bonds is 4. The molecule has 1 aromatic rings. The Hall–Kier alpha value is -2.08. The van der Waals surface area contributed by atoms with Crippen LogP contribution in [0.3, 0.4) is 0 Å². The summed E-state index contributed by atoms with van der Waals surface area (Å²) in [5.41, 5.74) is 1.10. The Morgan fingerprint density at radius 1 is 1.23 bits per heavy atom. The minimum Gasteiger partial charge on any atom is -0.495 e. The minimum absolute atomic E-state index is 0.0113. The lowest BCUT2D eigenvalue weighted by atomic mass is 10.1. The molecule has 1 aliphatic heterocycles. The lowest BCUT2D eigenvalue weighted by Crippen LogP contribution is -2.47. The van der Waals surface area contributed by atoms with Crippen molar-refractivity contribution in [3.63, 3.8) is 0 Å². The van der Waals surface area contributed by atoms with Crippen molar-refractivity contribution in [1.82, 2.24) is 9.80 Å². The summed E-state index contributed by atoms with van der Waals surface area (Å²) in [6, 6.07) is 5.14. The number of likely N-dealkylation sites (N-methyl/N-ethyl adjacent to an activating group) is 1. The third-order valence-corrected chi connectivity index (χ3v) is 3.83. The SMILES string of the molecule is CCC(=O)Nc1cc(C(=O)N2CCN(C)CC2)ccc1OC. The van der Waals surface area contributed by atoms with Crippen LogP contribution in [0, 0.1) is 0 Å². The topological polar surface area (TPSA) is 61.9 Å². The summed E-state index contributed by atoms with van der Waals surface area (Å²) >= 11 is 0. The van der Waals surface area contributed by atoms with Crippen LogP contribution in [0.2, 0.25) is 0 Å². The molecule has 120 valence electrons. The van der Waals surface area contributed by atoms with E-state index in [0.717, 1.165) is 26.2 Å². The van der Waals surface area contributed by atoms with E-state index < -0.39 is 0 Å². The zero-order chi connectivity index (χ0) is 16.1. The predicted octanol–water partition coefficient (Wildman–Crippen LogP) is 1.43. The van der Waals surface area contributed by atoms with Crippen LogP contribution in [0.5, 0.6) is 5.75 Å². The third kappa shape index (κ3) is 3.76. The number of amides is 2. The Bertz CT molecular complexity index is 552. The third-order valence-electron chi connectivity index (χ3n) is 3.83. The molecular weight excluding hydrogens is 282 g/mol. The molecule has 0 unspecified atom stereocenters. The second-order valence-electron chi connectivity index (χ2n) is 5.41. The second kappa shape index (κ2) is 7.26. The number of carbonyl (C=O) groups excluding carboxylic acids is 2. The van der Waals surface area contributed by atoms with Gasteiger partial charge in [-0.05, 0) is 25.2 Å². The molecule has 1 heterocycles. The molecule has 1 saturated heterocycles. The minimum atomic E-state index is -0.109. The number of hydrogen-bond acceptors (Lipinski definition) is 4. The van der Waals surface area contributed by atoms with Gasteiger partial charge < -0.3 is 19.9 Å². The van der Waals surface area contributed by atoms with Gasteiger partial charge in [0.15, 0.2) is 0 Å². The Morgan fingerprint density at radius 2 is 1.91 bits per heavy atom. The number of piperazine rings is 1. The molecule has 2 amide bonds. The van der Waals surface area contributed by atoms with Crippen molar-refractivity contribution in [2.75, 3.05) is 45.7 Å². The Labute approximate surface area is 131 Å². The van der Waals surface area contributed by atoms with E-state index in [9.17, 15) is 9.59 Å². The highest BCUT2D eigenvalue weighted by Crippen LogP contribution is 2.26. The van der Waals surface area contributed by atoms with Crippen LogP contribution in [-0.2, 0) is 4.79 Å². The molecule has 1 aliphatic rings. The summed E-state index contributed by atoms with van der Waals surface area (Å²) < 4.78 is 5.24. The monoisotopic (exact) mass is 305 g/mol. The summed E-state index contributed by atoms with van der Waals surface area (Å²) in [4.78, 5) is 28.2. The average Bonchev–Trinajstić information content (AvgIpc) is 2.54. The van der Waals surface area contributed by atoms with Gasteiger partial charge in [0.25, 0.3) is 5.91 Å². The van der Waals surface area contributed by atoms with Crippen LogP contribution in [0.15, 0.2) is 18.2 Å². The normalized spacial score (nSPS) is 15.5. The number of nitrogens with one attached hydrogen (secondary N) is 1. The zero-order valence-corrected chi connectivity index (χ0v) is 13.4. The molecule has 0 aliphatic carbocycles. The molecule has 0 radical (unpaired) electrons. The molecule has 0 atom stereocenters. The predicted molar refractivity (Wildman–Crippen MR) is 85.3 cm³/mol. The van der Waals surface area contributed by atoms with Crippen LogP contribution in [0.4, 0.5) is 5.69 Å². The van der Waals surface area contributed by atoms with E-state index in [1.54, 1.807) is 32.2 Å². The molecule has 0 saturated carbocycles. The maximum Gasteiger partial charge on any atom is 0.254 e. The highest BCUT2D eigenvalue weighted by atomic mass is 16.5. The molecule has 0 spiro atoms. The van der Waals surface area contributed by atoms with Gasteiger partial charge in [0.1, 0.15) is 5.75 Å². The average molecular weight is 305 g/mol. The lowest BCUT2D eigenvalue weighted by molar-refractivity contribution is -0.115. The summed E-state index contributed by atoms with van der Waals surface area (Å²) in [5.74, 6) is 0.432. The summed E-state index contributed by atoms with van der Waals surface area (Å²) in [7, 11) is 3.59. The van der Waals surface area contributed by atoms with E-state index >= 15 is 0 Å². The zero-order valence-electron chi connectivity index (χ0n) is 13.4. The number of nitrogens with zero attached hydrogens (tertiary/aromatic N) is 2. The number of hydrogen-bond donors (Lipinski definition) is 1. The van der Waals surface area contributed by atoms with Crippen molar-refractivity contribution in [3.8, 4) is 5.75 Å². The first-order valence-corrected chi connectivity index (χ1v) is 7.51. The fourth-order valence-electron chi connectivity index (χ4n) is 2.37. The molecular formula is C16H23N3O3. The van der Waals surface area contributed by atoms with Gasteiger partial charge in [0, 0.05) is 38.2 Å². The van der Waals surface area contributed by atoms with Gasteiger partial charge in [-0.15, -0.1) is 0 Å². The van der Waals surface area contributed by atoms with Gasteiger partial charge in [-0.25, -0.2) is 0 Å². The number of methoxy groups -OCH3 is 1. The van der Waals surface area contributed by atoms with E-state index in [-0.39, 0.29) is 11.8 Å². The number of ether oxygens (including phenoxy) is 1. The van der Waals surface area contributed by atoms with E-state index in [1.165, 1.54) is 0 Å². The lowest BCUT2D eigenvalue weighted by Gasteiger charge is -2.32. The summed E-state index contributed by atoms with van der Waals surface area (Å²) in [5, 5.41) is 2.77. The van der Waals surface area contributed by atoms with Gasteiger partial charge >= 0.3 is 0 Å². The van der Waals surface area contributed by atoms with Gasteiger partial charge in [-0.1, -0.05) is 6.92 Å². The maximum atomic E-state index is 12.6. The largest absolute Gasteiger partial charge is 0.495 e. The van der Waals surface area contributed by atoms with Crippen molar-refractivity contribution < 1.29 is 14.3 Å². The van der Waals surface area contributed by atoms with Crippen molar-refractivity contribution in [2.24, 2.45) is 0 Å². The van der Waals surface area contributed by atoms with Crippen LogP contribution in [0.1, 0.15) is 23.7 Å². The van der Waals surface area contributed by atoms with E-state index in [1.807, 2.05) is 11.9 Å². The van der Waals surface area contributed by atoms with Crippen molar-refractivity contribution in [2.45, 2.75) is 13.3 Å². The molecule has 1 N–H and O–H groups in total. The number of carbonyl (C=O) groups is 2. The van der Waals surface area contributed by atoms with E-state index in [0.29, 0.717) is 23.4 Å². The molecule has 6 nitrogen and oxygen atoms in total. The van der Waals surface area contributed by atoms with Gasteiger partial charge in [0.2, 0.25) is 5.91 Å². The van der Waals surface area contributed by atoms with Crippen LogP contribution >= 0.6 is 0 Å². The van der Waals surface area contributed by atoms with Gasteiger partial charge in [0.05, 0.1) is 12.8 Å². The fourth-order valence-corrected chi connectivity index (χ4v) is 2.37. The Kier molecular flexibility index (Phi) is 5.38. The molecule has 22 heavy (non-hydrogen) atoms. The van der Waals surface area contributed by atoms with Crippen molar-refractivity contribution in [1.29, 1.82) is 0 Å². The van der Waals surface area contributed by atoms with Crippen molar-refractivity contribution >= 4 is 17.5 Å². The first-order chi connectivity index (χ1) is 10.5. The van der Waals surface area contributed by atoms with Gasteiger partial charge in [-0.2, -0.15) is 0 Å². The highest BCUT2D eigenvalue weighted by Gasteiger charge is 2.21. The Morgan fingerprint density at radius 3 is 2.50 bits per heavy atom. The second-order valence-corrected chi connectivity index (χ2v) is 5.41. The number of benzene rings is 1. The van der Waals surface area contributed by atoms with E-state index in [2.05, 4.69) is 10.2 Å². The first kappa shape index (κ1) is 16.3. The van der Waals surface area contributed by atoms with Crippen LogP contribution < -0.4 is 10.1 Å². The quantitative estimate of drug-likeness (QED) is 0.914. The highest BCUT2D eigenvalue weighted by molar-refractivity contribution is 5.98. The molecule has 6 heteroatoms. The Balaban J connectivity index is 2.18. The van der Waals surface area contributed by atoms with Crippen LogP contribution in [-0.4, -0.2) is 62.0 Å². The summed E-state index contributed by atoms with van der Waals surface area (Å²) in [6.07, 6.45) is 0.375. The maximum absolute atomic E-state index is 12.6. The molecule has 0 bridgehead atoms. The molecule has 1 fully saturated rings. The number of anilines is 1. The van der Waals surface area contributed by atoms with Crippen molar-refractivity contribution in [3.05, 3.63) is 23.8 Å². The fraction of sp³-hybridized carbons (Fsp3) is 0.500. The first-order valence-electron chi connectivity index (χ1n) is 7.51. The van der Waals surface area contributed by atoms with E-state index in [4.69, 9.17) is 4.74 Å². The summed E-state index contributed by atoms with van der Waals surface area (Å²) in [6.45, 7) is 4.97. The molecule has 0 aromatic heterocycles. The van der Waals surface area contributed by atoms with Crippen LogP contribution in [0.25, 0.3) is 0 Å². The molecule has 1 aromatic carbocycles. The van der Waals surface area contributed by atoms with Gasteiger partial charge in [-0.3, -0.25) is 9.59 Å². The molecule has 2 rings (SSSR count). The standard InChI is InChI=1S/C16H23N3O3/c1-4-15(20)17-13-11-12(5-6-14(13)22-3)16(21)19-9-7-18(2)8-10-19/h5-6,11H,4,7-10H2,1-3H3,(H,17,20).